The maximum atomic E-state index is 12.4. The van der Waals surface area contributed by atoms with Crippen molar-refractivity contribution in [2.75, 3.05) is 32.5 Å². The number of benzene rings is 2. The quantitative estimate of drug-likeness (QED) is 0.517. The molecule has 0 aliphatic heterocycles. The van der Waals surface area contributed by atoms with Crippen LogP contribution >= 0.6 is 0 Å². The number of ketones is 1. The molecule has 0 radical (unpaired) electrons. The van der Waals surface area contributed by atoms with E-state index < -0.39 is 0 Å². The average Bonchev–Trinajstić information content (AvgIpc) is 2.66. The molecular weight excluding hydrogens is 322 g/mol. The lowest BCUT2D eigenvalue weighted by atomic mass is 10.1. The lowest BCUT2D eigenvalue weighted by molar-refractivity contribution is 0.104. The molecule has 132 valence electrons. The van der Waals surface area contributed by atoms with Gasteiger partial charge in [0.2, 0.25) is 5.78 Å². The fourth-order valence-electron chi connectivity index (χ4n) is 2.60. The molecule has 3 rings (SSSR count). The predicted octanol–water partition coefficient (Wildman–Crippen LogP) is 4.10. The van der Waals surface area contributed by atoms with Crippen molar-refractivity contribution in [3.63, 3.8) is 0 Å². The summed E-state index contributed by atoms with van der Waals surface area (Å²) in [6.45, 7) is 1.88. The van der Waals surface area contributed by atoms with Crippen molar-refractivity contribution in [3.05, 3.63) is 78.0 Å². The van der Waals surface area contributed by atoms with Crippen LogP contribution < -0.4 is 5.32 Å². The lowest BCUT2D eigenvalue weighted by Crippen LogP contribution is -2.20. The van der Waals surface area contributed by atoms with Crippen LogP contribution in [0.2, 0.25) is 0 Å². The van der Waals surface area contributed by atoms with Crippen LogP contribution in [-0.2, 0) is 0 Å². The van der Waals surface area contributed by atoms with Gasteiger partial charge in [0, 0.05) is 24.2 Å². The third-order valence-corrected chi connectivity index (χ3v) is 4.08. The smallest absolute Gasteiger partial charge is 0.204 e. The molecule has 2 aromatic carbocycles. The molecule has 0 amide bonds. The Morgan fingerprint density at radius 2 is 1.81 bits per heavy atom. The highest BCUT2D eigenvalue weighted by atomic mass is 16.1. The zero-order valence-corrected chi connectivity index (χ0v) is 15.1. The minimum Gasteiger partial charge on any atom is -0.384 e. The first-order valence-corrected chi connectivity index (χ1v) is 8.69. The number of nitrogens with zero attached hydrogens (tertiary/aromatic N) is 2. The largest absolute Gasteiger partial charge is 0.384 e. The van der Waals surface area contributed by atoms with Crippen molar-refractivity contribution in [3.8, 4) is 0 Å². The number of aromatic nitrogens is 1. The van der Waals surface area contributed by atoms with E-state index in [0.29, 0.717) is 5.69 Å². The van der Waals surface area contributed by atoms with E-state index in [1.165, 1.54) is 0 Å². The molecule has 1 aromatic heterocycles. The summed E-state index contributed by atoms with van der Waals surface area (Å²) >= 11 is 0. The number of anilines is 1. The number of carbonyl (C=O) groups excluding carboxylic acids is 1. The molecular formula is C22H23N3O. The molecule has 4 nitrogen and oxygen atoms in total. The Kier molecular flexibility index (Phi) is 5.77. The molecule has 0 aliphatic carbocycles. The first kappa shape index (κ1) is 17.8. The van der Waals surface area contributed by atoms with Crippen LogP contribution in [0.3, 0.4) is 0 Å². The number of hydrogen-bond acceptors (Lipinski definition) is 4. The second kappa shape index (κ2) is 8.41. The number of carbonyl (C=O) groups is 1. The van der Waals surface area contributed by atoms with Gasteiger partial charge in [0.05, 0.1) is 5.52 Å². The topological polar surface area (TPSA) is 45.2 Å². The molecule has 26 heavy (non-hydrogen) atoms. The molecule has 0 saturated heterocycles. The van der Waals surface area contributed by atoms with Gasteiger partial charge in [0.15, 0.2) is 0 Å². The van der Waals surface area contributed by atoms with Crippen LogP contribution in [0.5, 0.6) is 0 Å². The van der Waals surface area contributed by atoms with E-state index in [0.717, 1.165) is 35.2 Å². The summed E-state index contributed by atoms with van der Waals surface area (Å²) in [6.07, 6.45) is 3.40. The van der Waals surface area contributed by atoms with E-state index in [1.807, 2.05) is 60.7 Å². The number of allylic oxidation sites excluding steroid dienone is 1. The van der Waals surface area contributed by atoms with Gasteiger partial charge in [0.1, 0.15) is 5.69 Å². The first-order valence-electron chi connectivity index (χ1n) is 8.69. The van der Waals surface area contributed by atoms with Crippen LogP contribution in [0.25, 0.3) is 17.0 Å². The van der Waals surface area contributed by atoms with Gasteiger partial charge in [-0.3, -0.25) is 4.79 Å². The normalized spacial score (nSPS) is 11.3. The molecule has 0 unspecified atom stereocenters. The Bertz CT molecular complexity index is 914. The molecule has 0 atom stereocenters. The summed E-state index contributed by atoms with van der Waals surface area (Å²) in [5.41, 5.74) is 3.35. The molecule has 1 N–H and O–H groups in total. The molecule has 4 heteroatoms. The van der Waals surface area contributed by atoms with Crippen molar-refractivity contribution >= 4 is 28.4 Å². The van der Waals surface area contributed by atoms with Gasteiger partial charge >= 0.3 is 0 Å². The minimum absolute atomic E-state index is 0.0936. The van der Waals surface area contributed by atoms with E-state index in [4.69, 9.17) is 0 Å². The minimum atomic E-state index is -0.0936. The third kappa shape index (κ3) is 4.77. The molecule has 3 aromatic rings. The number of pyridine rings is 1. The van der Waals surface area contributed by atoms with Crippen LogP contribution in [0, 0.1) is 0 Å². The van der Waals surface area contributed by atoms with Crippen LogP contribution in [0.15, 0.2) is 66.7 Å². The Balaban J connectivity index is 1.63. The monoisotopic (exact) mass is 345 g/mol. The van der Waals surface area contributed by atoms with Gasteiger partial charge < -0.3 is 10.2 Å². The van der Waals surface area contributed by atoms with E-state index in [2.05, 4.69) is 29.3 Å². The number of rotatable bonds is 7. The van der Waals surface area contributed by atoms with Crippen LogP contribution in [0.4, 0.5) is 5.69 Å². The Hall–Kier alpha value is -2.98. The molecule has 0 spiro atoms. The van der Waals surface area contributed by atoms with E-state index in [-0.39, 0.29) is 5.78 Å². The predicted molar refractivity (Wildman–Crippen MR) is 109 cm³/mol. The van der Waals surface area contributed by atoms with Crippen molar-refractivity contribution in [2.45, 2.75) is 0 Å². The van der Waals surface area contributed by atoms with Crippen molar-refractivity contribution in [2.24, 2.45) is 0 Å². The van der Waals surface area contributed by atoms with Crippen LogP contribution in [-0.4, -0.2) is 42.9 Å². The fraction of sp³-hybridized carbons (Fsp3) is 0.182. The van der Waals surface area contributed by atoms with E-state index >= 15 is 0 Å². The van der Waals surface area contributed by atoms with Crippen molar-refractivity contribution < 1.29 is 4.79 Å². The summed E-state index contributed by atoms with van der Waals surface area (Å²) in [6, 6.07) is 19.5. The summed E-state index contributed by atoms with van der Waals surface area (Å²) in [5.74, 6) is -0.0936. The summed E-state index contributed by atoms with van der Waals surface area (Å²) in [5, 5.41) is 4.40. The SMILES string of the molecule is CN(C)CCNc1ccc(/C=C/C(=O)c2ccc3ccccc3n2)cc1. The number of fused-ring (bicyclic) bond motifs is 1. The fourth-order valence-corrected chi connectivity index (χ4v) is 2.60. The number of para-hydroxylation sites is 1. The summed E-state index contributed by atoms with van der Waals surface area (Å²) < 4.78 is 0. The molecule has 0 fully saturated rings. The zero-order chi connectivity index (χ0) is 18.4. The van der Waals surface area contributed by atoms with Gasteiger partial charge in [-0.1, -0.05) is 42.5 Å². The van der Waals surface area contributed by atoms with Gasteiger partial charge in [0.25, 0.3) is 0 Å². The molecule has 0 saturated carbocycles. The van der Waals surface area contributed by atoms with E-state index in [1.54, 1.807) is 12.1 Å². The average molecular weight is 345 g/mol. The number of hydrogen-bond donors (Lipinski definition) is 1. The lowest BCUT2D eigenvalue weighted by Gasteiger charge is -2.11. The molecule has 0 aliphatic rings. The van der Waals surface area contributed by atoms with Crippen molar-refractivity contribution in [1.29, 1.82) is 0 Å². The Morgan fingerprint density at radius 3 is 2.58 bits per heavy atom. The zero-order valence-electron chi connectivity index (χ0n) is 15.1. The second-order valence-electron chi connectivity index (χ2n) is 6.44. The Labute approximate surface area is 154 Å². The number of nitrogens with one attached hydrogen (secondary N) is 1. The molecule has 1 heterocycles. The first-order chi connectivity index (χ1) is 12.6. The summed E-state index contributed by atoms with van der Waals surface area (Å²) in [7, 11) is 4.11. The van der Waals surface area contributed by atoms with Gasteiger partial charge in [-0.25, -0.2) is 4.98 Å². The highest BCUT2D eigenvalue weighted by molar-refractivity contribution is 6.06. The highest BCUT2D eigenvalue weighted by Crippen LogP contribution is 2.14. The highest BCUT2D eigenvalue weighted by Gasteiger charge is 2.04. The van der Waals surface area contributed by atoms with Crippen LogP contribution in [0.1, 0.15) is 16.1 Å². The van der Waals surface area contributed by atoms with Gasteiger partial charge in [-0.15, -0.1) is 0 Å². The van der Waals surface area contributed by atoms with Gasteiger partial charge in [-0.05, 0) is 50.0 Å². The standard InChI is InChI=1S/C22H23N3O/c1-25(2)16-15-23-19-11-7-17(8-12-19)9-14-22(26)21-13-10-18-5-3-4-6-20(18)24-21/h3-14,23H,15-16H2,1-2H3/b14-9+. The summed E-state index contributed by atoms with van der Waals surface area (Å²) in [4.78, 5) is 18.9. The maximum absolute atomic E-state index is 12.4. The number of likely N-dealkylation sites (N-methyl/N-ethyl adjacent to an activating group) is 1. The van der Waals surface area contributed by atoms with Crippen molar-refractivity contribution in [1.82, 2.24) is 9.88 Å². The maximum Gasteiger partial charge on any atom is 0.204 e. The van der Waals surface area contributed by atoms with E-state index in [9.17, 15) is 4.79 Å². The second-order valence-corrected chi connectivity index (χ2v) is 6.44. The Morgan fingerprint density at radius 1 is 1.04 bits per heavy atom. The molecule has 0 bridgehead atoms. The van der Waals surface area contributed by atoms with Gasteiger partial charge in [-0.2, -0.15) is 0 Å². The third-order valence-electron chi connectivity index (χ3n) is 4.08.